The monoisotopic (exact) mass is 304 g/mol. The zero-order valence-corrected chi connectivity index (χ0v) is 11.3. The summed E-state index contributed by atoms with van der Waals surface area (Å²) in [5.41, 5.74) is 3.17. The number of imidazole rings is 1. The molecule has 0 saturated heterocycles. The molecule has 0 amide bonds. The zero-order chi connectivity index (χ0) is 12.7. The number of halogens is 2. The normalized spacial score (nSPS) is 11.1. The highest BCUT2D eigenvalue weighted by Crippen LogP contribution is 2.29. The predicted molar refractivity (Wildman–Crippen MR) is 73.9 cm³/mol. The molecule has 0 aliphatic rings. The molecule has 0 radical (unpaired) electrons. The molecule has 0 fully saturated rings. The van der Waals surface area contributed by atoms with Crippen molar-refractivity contribution in [3.63, 3.8) is 0 Å². The van der Waals surface area contributed by atoms with Crippen LogP contribution in [-0.2, 0) is 0 Å². The van der Waals surface area contributed by atoms with Gasteiger partial charge in [0.15, 0.2) is 5.82 Å². The number of aromatic nitrogens is 2. The first-order chi connectivity index (χ1) is 8.65. The van der Waals surface area contributed by atoms with Crippen molar-refractivity contribution < 1.29 is 4.39 Å². The first-order valence-corrected chi connectivity index (χ1v) is 6.35. The first kappa shape index (κ1) is 11.4. The summed E-state index contributed by atoms with van der Waals surface area (Å²) in [7, 11) is 0. The molecule has 1 N–H and O–H groups in total. The summed E-state index contributed by atoms with van der Waals surface area (Å²) < 4.78 is 14.5. The Morgan fingerprint density at radius 2 is 2.06 bits per heavy atom. The fourth-order valence-electron chi connectivity index (χ4n) is 1.94. The van der Waals surface area contributed by atoms with Crippen molar-refractivity contribution in [2.24, 2.45) is 0 Å². The Balaban J connectivity index is 2.23. The van der Waals surface area contributed by atoms with Gasteiger partial charge in [-0.1, -0.05) is 28.1 Å². The second-order valence-corrected chi connectivity index (χ2v) is 5.06. The van der Waals surface area contributed by atoms with Crippen molar-refractivity contribution in [3.8, 4) is 11.4 Å². The van der Waals surface area contributed by atoms with E-state index in [0.717, 1.165) is 15.6 Å². The highest BCUT2D eigenvalue weighted by molar-refractivity contribution is 9.10. The Labute approximate surface area is 112 Å². The Kier molecular flexibility index (Phi) is 2.67. The molecular weight excluding hydrogens is 295 g/mol. The molecule has 1 heterocycles. The molecule has 3 rings (SSSR count). The molecule has 0 aliphatic carbocycles. The lowest BCUT2D eigenvalue weighted by atomic mass is 10.1. The molecular formula is C14H10BrFN2. The van der Waals surface area contributed by atoms with Crippen molar-refractivity contribution in [3.05, 3.63) is 52.3 Å². The summed E-state index contributed by atoms with van der Waals surface area (Å²) in [5, 5.41) is 0. The van der Waals surface area contributed by atoms with Gasteiger partial charge < -0.3 is 4.98 Å². The van der Waals surface area contributed by atoms with E-state index in [-0.39, 0.29) is 5.82 Å². The molecule has 0 aliphatic heterocycles. The maximum atomic E-state index is 13.6. The van der Waals surface area contributed by atoms with Crippen LogP contribution in [0.15, 0.2) is 40.9 Å². The minimum Gasteiger partial charge on any atom is -0.338 e. The van der Waals surface area contributed by atoms with Crippen molar-refractivity contribution in [2.45, 2.75) is 6.92 Å². The van der Waals surface area contributed by atoms with E-state index in [0.29, 0.717) is 16.9 Å². The van der Waals surface area contributed by atoms with Gasteiger partial charge in [-0.05, 0) is 36.8 Å². The van der Waals surface area contributed by atoms with E-state index in [1.807, 2.05) is 31.2 Å². The van der Waals surface area contributed by atoms with Gasteiger partial charge in [0.1, 0.15) is 11.3 Å². The number of aromatic amines is 1. The number of para-hydroxylation sites is 1. The fourth-order valence-corrected chi connectivity index (χ4v) is 2.62. The molecule has 2 nitrogen and oxygen atoms in total. The maximum Gasteiger partial charge on any atom is 0.151 e. The fraction of sp³-hybridized carbons (Fsp3) is 0.0714. The van der Waals surface area contributed by atoms with Crippen molar-refractivity contribution in [1.29, 1.82) is 0 Å². The topological polar surface area (TPSA) is 28.7 Å². The minimum absolute atomic E-state index is 0.307. The van der Waals surface area contributed by atoms with Gasteiger partial charge in [-0.2, -0.15) is 0 Å². The van der Waals surface area contributed by atoms with Crippen molar-refractivity contribution >= 4 is 27.0 Å². The van der Waals surface area contributed by atoms with Crippen LogP contribution in [0.4, 0.5) is 4.39 Å². The van der Waals surface area contributed by atoms with Crippen LogP contribution < -0.4 is 0 Å². The highest BCUT2D eigenvalue weighted by Gasteiger charge is 2.10. The van der Waals surface area contributed by atoms with Gasteiger partial charge in [0.05, 0.1) is 5.52 Å². The molecule has 3 aromatic rings. The average Bonchev–Trinajstić information content (AvgIpc) is 2.74. The SMILES string of the molecule is Cc1ccc(-c2nc3c(F)cccc3[nH]2)c(Br)c1. The van der Waals surface area contributed by atoms with E-state index in [1.165, 1.54) is 6.07 Å². The van der Waals surface area contributed by atoms with Crippen LogP contribution in [-0.4, -0.2) is 9.97 Å². The summed E-state index contributed by atoms with van der Waals surface area (Å²) in [6.07, 6.45) is 0. The van der Waals surface area contributed by atoms with Crippen LogP contribution in [0.5, 0.6) is 0 Å². The van der Waals surface area contributed by atoms with E-state index >= 15 is 0 Å². The van der Waals surface area contributed by atoms with Crippen LogP contribution in [0.3, 0.4) is 0 Å². The molecule has 4 heteroatoms. The predicted octanol–water partition coefficient (Wildman–Crippen LogP) is 4.44. The zero-order valence-electron chi connectivity index (χ0n) is 9.67. The molecule has 0 saturated carbocycles. The van der Waals surface area contributed by atoms with Crippen LogP contribution >= 0.6 is 15.9 Å². The minimum atomic E-state index is -0.307. The number of fused-ring (bicyclic) bond motifs is 1. The molecule has 0 spiro atoms. The first-order valence-electron chi connectivity index (χ1n) is 5.56. The lowest BCUT2D eigenvalue weighted by Crippen LogP contribution is -1.83. The summed E-state index contributed by atoms with van der Waals surface area (Å²) >= 11 is 3.51. The third kappa shape index (κ3) is 1.82. The summed E-state index contributed by atoms with van der Waals surface area (Å²) in [4.78, 5) is 7.44. The highest BCUT2D eigenvalue weighted by atomic mass is 79.9. The van der Waals surface area contributed by atoms with Gasteiger partial charge in [0, 0.05) is 10.0 Å². The Hall–Kier alpha value is -1.68. The molecule has 2 aromatic carbocycles. The number of hydrogen-bond acceptors (Lipinski definition) is 1. The second-order valence-electron chi connectivity index (χ2n) is 4.20. The largest absolute Gasteiger partial charge is 0.338 e. The van der Waals surface area contributed by atoms with Gasteiger partial charge in [0.25, 0.3) is 0 Å². The van der Waals surface area contributed by atoms with Gasteiger partial charge in [-0.3, -0.25) is 0 Å². The van der Waals surface area contributed by atoms with E-state index < -0.39 is 0 Å². The second kappa shape index (κ2) is 4.21. The summed E-state index contributed by atoms with van der Waals surface area (Å²) in [6, 6.07) is 10.9. The molecule has 0 bridgehead atoms. The van der Waals surface area contributed by atoms with Gasteiger partial charge in [-0.25, -0.2) is 9.37 Å². The van der Waals surface area contributed by atoms with Crippen LogP contribution in [0.2, 0.25) is 0 Å². The maximum absolute atomic E-state index is 13.6. The van der Waals surface area contributed by atoms with E-state index in [2.05, 4.69) is 25.9 Å². The van der Waals surface area contributed by atoms with Crippen molar-refractivity contribution in [2.75, 3.05) is 0 Å². The van der Waals surface area contributed by atoms with Crippen molar-refractivity contribution in [1.82, 2.24) is 9.97 Å². The number of H-pyrrole nitrogens is 1. The standard InChI is InChI=1S/C14H10BrFN2/c1-8-5-6-9(10(15)7-8)14-17-12-4-2-3-11(16)13(12)18-14/h2-7H,1H3,(H,17,18). The molecule has 90 valence electrons. The number of nitrogens with zero attached hydrogens (tertiary/aromatic N) is 1. The van der Waals surface area contributed by atoms with Crippen LogP contribution in [0.25, 0.3) is 22.4 Å². The number of aryl methyl sites for hydroxylation is 1. The average molecular weight is 305 g/mol. The van der Waals surface area contributed by atoms with E-state index in [4.69, 9.17) is 0 Å². The van der Waals surface area contributed by atoms with Gasteiger partial charge in [-0.15, -0.1) is 0 Å². The molecule has 1 aromatic heterocycles. The number of nitrogens with one attached hydrogen (secondary N) is 1. The third-order valence-corrected chi connectivity index (χ3v) is 3.50. The Morgan fingerprint density at radius 1 is 1.22 bits per heavy atom. The molecule has 18 heavy (non-hydrogen) atoms. The summed E-state index contributed by atoms with van der Waals surface area (Å²) in [6.45, 7) is 2.02. The lowest BCUT2D eigenvalue weighted by molar-refractivity contribution is 0.637. The number of rotatable bonds is 1. The number of hydrogen-bond donors (Lipinski definition) is 1. The van der Waals surface area contributed by atoms with E-state index in [1.54, 1.807) is 6.07 Å². The Morgan fingerprint density at radius 3 is 2.78 bits per heavy atom. The van der Waals surface area contributed by atoms with E-state index in [9.17, 15) is 4.39 Å². The molecule has 0 atom stereocenters. The lowest BCUT2D eigenvalue weighted by Gasteiger charge is -2.01. The van der Waals surface area contributed by atoms with Gasteiger partial charge >= 0.3 is 0 Å². The quantitative estimate of drug-likeness (QED) is 0.707. The van der Waals surface area contributed by atoms with Crippen LogP contribution in [0.1, 0.15) is 5.56 Å². The third-order valence-electron chi connectivity index (χ3n) is 2.84. The summed E-state index contributed by atoms with van der Waals surface area (Å²) in [5.74, 6) is 0.361. The smallest absolute Gasteiger partial charge is 0.151 e. The Bertz CT molecular complexity index is 734. The van der Waals surface area contributed by atoms with Crippen LogP contribution in [0, 0.1) is 12.7 Å². The number of benzene rings is 2. The van der Waals surface area contributed by atoms with Gasteiger partial charge in [0.2, 0.25) is 0 Å². The molecule has 0 unspecified atom stereocenters.